The van der Waals surface area contributed by atoms with Crippen LogP contribution in [0.25, 0.3) is 11.1 Å². The lowest BCUT2D eigenvalue weighted by Gasteiger charge is -2.29. The van der Waals surface area contributed by atoms with Gasteiger partial charge in [-0.1, -0.05) is 11.6 Å². The number of aryl methyl sites for hydroxylation is 1. The molecule has 3 heterocycles. The first kappa shape index (κ1) is 20.8. The summed E-state index contributed by atoms with van der Waals surface area (Å²) in [5.74, 6) is 0.416. The van der Waals surface area contributed by atoms with Gasteiger partial charge in [0.15, 0.2) is 11.5 Å². The Labute approximate surface area is 182 Å². The van der Waals surface area contributed by atoms with Crippen LogP contribution in [0.3, 0.4) is 0 Å². The van der Waals surface area contributed by atoms with E-state index in [9.17, 15) is 9.59 Å². The minimum atomic E-state index is -0.285. The Morgan fingerprint density at radius 1 is 1.23 bits per heavy atom. The van der Waals surface area contributed by atoms with Crippen molar-refractivity contribution in [3.63, 3.8) is 0 Å². The Kier molecular flexibility index (Phi) is 6.31. The lowest BCUT2D eigenvalue weighted by Crippen LogP contribution is -2.48. The van der Waals surface area contributed by atoms with Gasteiger partial charge in [0.2, 0.25) is 5.91 Å². The zero-order valence-corrected chi connectivity index (χ0v) is 18.1. The molecule has 4 rings (SSSR count). The molecule has 2 N–H and O–H groups in total. The van der Waals surface area contributed by atoms with E-state index in [-0.39, 0.29) is 30.7 Å². The number of hydrazine groups is 1. The first-order valence-electron chi connectivity index (χ1n) is 9.73. The summed E-state index contributed by atoms with van der Waals surface area (Å²) in [7, 11) is 0. The predicted molar refractivity (Wildman–Crippen MR) is 114 cm³/mol. The maximum atomic E-state index is 12.1. The largest absolute Gasteiger partial charge is 0.440 e. The molecule has 0 spiro atoms. The smallest absolute Gasteiger partial charge is 0.252 e. The SMILES string of the molecule is Cc1csc(CC(=O)NNC(=O)CN2CCC(c3nc4cc(Cl)ccc4o3)CC2)n1. The van der Waals surface area contributed by atoms with E-state index in [0.717, 1.165) is 53.6 Å². The van der Waals surface area contributed by atoms with Crippen LogP contribution in [-0.4, -0.2) is 46.3 Å². The number of rotatable bonds is 5. The number of fused-ring (bicyclic) bond motifs is 1. The van der Waals surface area contributed by atoms with Gasteiger partial charge in [0.1, 0.15) is 10.5 Å². The molecule has 10 heteroatoms. The van der Waals surface area contributed by atoms with Gasteiger partial charge in [-0.3, -0.25) is 25.3 Å². The van der Waals surface area contributed by atoms with Crippen LogP contribution in [0.1, 0.15) is 35.4 Å². The molecule has 0 saturated carbocycles. The molecule has 0 radical (unpaired) electrons. The zero-order chi connectivity index (χ0) is 21.1. The van der Waals surface area contributed by atoms with Crippen molar-refractivity contribution in [1.29, 1.82) is 0 Å². The van der Waals surface area contributed by atoms with Gasteiger partial charge in [-0.15, -0.1) is 11.3 Å². The van der Waals surface area contributed by atoms with Crippen molar-refractivity contribution in [2.45, 2.75) is 32.1 Å². The summed E-state index contributed by atoms with van der Waals surface area (Å²) in [5.41, 5.74) is 7.31. The minimum absolute atomic E-state index is 0.153. The second kappa shape index (κ2) is 9.11. The number of halogens is 1. The van der Waals surface area contributed by atoms with E-state index in [4.69, 9.17) is 16.0 Å². The van der Waals surface area contributed by atoms with Crippen LogP contribution in [0.5, 0.6) is 0 Å². The lowest BCUT2D eigenvalue weighted by molar-refractivity contribution is -0.129. The van der Waals surface area contributed by atoms with Crippen LogP contribution >= 0.6 is 22.9 Å². The van der Waals surface area contributed by atoms with Gasteiger partial charge in [0.05, 0.1) is 13.0 Å². The number of carbonyl (C=O) groups excluding carboxylic acids is 2. The standard InChI is InChI=1S/C20H22ClN5O3S/c1-12-11-30-19(22-12)9-17(27)24-25-18(28)10-26-6-4-13(5-7-26)20-23-15-8-14(21)2-3-16(15)29-20/h2-3,8,11,13H,4-7,9-10H2,1H3,(H,24,27)(H,25,28). The summed E-state index contributed by atoms with van der Waals surface area (Å²) in [6.45, 7) is 3.61. The van der Waals surface area contributed by atoms with Crippen LogP contribution < -0.4 is 10.9 Å². The van der Waals surface area contributed by atoms with E-state index in [2.05, 4.69) is 25.7 Å². The second-order valence-electron chi connectivity index (χ2n) is 7.37. The number of piperidine rings is 1. The van der Waals surface area contributed by atoms with Crippen molar-refractivity contribution in [2.24, 2.45) is 0 Å². The van der Waals surface area contributed by atoms with Crippen LogP contribution in [0, 0.1) is 6.92 Å². The van der Waals surface area contributed by atoms with Crippen molar-refractivity contribution in [3.05, 3.63) is 45.2 Å². The molecule has 2 aromatic heterocycles. The third kappa shape index (κ3) is 5.16. The third-order valence-electron chi connectivity index (χ3n) is 4.99. The first-order valence-corrected chi connectivity index (χ1v) is 11.0. The molecule has 8 nitrogen and oxygen atoms in total. The average molecular weight is 448 g/mol. The molecular weight excluding hydrogens is 426 g/mol. The number of hydrogen-bond acceptors (Lipinski definition) is 7. The zero-order valence-electron chi connectivity index (χ0n) is 16.5. The van der Waals surface area contributed by atoms with Gasteiger partial charge in [-0.25, -0.2) is 9.97 Å². The van der Waals surface area contributed by atoms with Crippen LogP contribution in [0.4, 0.5) is 0 Å². The van der Waals surface area contributed by atoms with Crippen molar-refractivity contribution >= 4 is 45.9 Å². The molecular formula is C20H22ClN5O3S. The molecule has 0 atom stereocenters. The molecule has 1 aromatic carbocycles. The van der Waals surface area contributed by atoms with Gasteiger partial charge in [-0.2, -0.15) is 0 Å². The fraction of sp³-hybridized carbons (Fsp3) is 0.400. The molecule has 2 amide bonds. The van der Waals surface area contributed by atoms with Gasteiger partial charge >= 0.3 is 0 Å². The summed E-state index contributed by atoms with van der Waals surface area (Å²) in [4.78, 5) is 34.9. The van der Waals surface area contributed by atoms with Crippen LogP contribution in [0.2, 0.25) is 5.02 Å². The van der Waals surface area contributed by atoms with E-state index >= 15 is 0 Å². The Morgan fingerprint density at radius 2 is 2.00 bits per heavy atom. The highest BCUT2D eigenvalue weighted by Gasteiger charge is 2.25. The number of nitrogens with zero attached hydrogens (tertiary/aromatic N) is 3. The Hall–Kier alpha value is -2.49. The van der Waals surface area contributed by atoms with Crippen molar-refractivity contribution in [2.75, 3.05) is 19.6 Å². The quantitative estimate of drug-likeness (QED) is 0.583. The highest BCUT2D eigenvalue weighted by molar-refractivity contribution is 7.09. The maximum absolute atomic E-state index is 12.1. The lowest BCUT2D eigenvalue weighted by atomic mass is 9.97. The van der Waals surface area contributed by atoms with E-state index in [1.54, 1.807) is 12.1 Å². The number of carbonyl (C=O) groups is 2. The molecule has 1 aliphatic heterocycles. The predicted octanol–water partition coefficient (Wildman–Crippen LogP) is 2.82. The normalized spacial score (nSPS) is 15.4. The highest BCUT2D eigenvalue weighted by Crippen LogP contribution is 2.30. The first-order chi connectivity index (χ1) is 14.5. The minimum Gasteiger partial charge on any atom is -0.440 e. The maximum Gasteiger partial charge on any atom is 0.252 e. The van der Waals surface area contributed by atoms with E-state index in [1.807, 2.05) is 18.4 Å². The Balaban J connectivity index is 1.21. The van der Waals surface area contributed by atoms with Crippen molar-refractivity contribution < 1.29 is 14.0 Å². The number of benzene rings is 1. The Bertz CT molecular complexity index is 1060. The van der Waals surface area contributed by atoms with E-state index < -0.39 is 0 Å². The molecule has 0 unspecified atom stereocenters. The summed E-state index contributed by atoms with van der Waals surface area (Å²) in [6, 6.07) is 5.42. The van der Waals surface area contributed by atoms with Gasteiger partial charge in [0, 0.05) is 22.0 Å². The molecule has 1 saturated heterocycles. The fourth-order valence-corrected chi connectivity index (χ4v) is 4.42. The topological polar surface area (TPSA) is 100 Å². The number of oxazole rings is 1. The molecule has 0 bridgehead atoms. The number of amides is 2. The Morgan fingerprint density at radius 3 is 2.73 bits per heavy atom. The summed E-state index contributed by atoms with van der Waals surface area (Å²) in [5, 5.41) is 3.25. The number of aromatic nitrogens is 2. The fourth-order valence-electron chi connectivity index (χ4n) is 3.48. The highest BCUT2D eigenvalue weighted by atomic mass is 35.5. The number of hydrogen-bond donors (Lipinski definition) is 2. The van der Waals surface area contributed by atoms with Crippen molar-refractivity contribution in [1.82, 2.24) is 25.7 Å². The molecule has 0 aliphatic carbocycles. The summed E-state index contributed by atoms with van der Waals surface area (Å²) < 4.78 is 5.87. The molecule has 3 aromatic rings. The van der Waals surface area contributed by atoms with Gasteiger partial charge in [0.25, 0.3) is 5.91 Å². The van der Waals surface area contributed by atoms with Crippen LogP contribution in [0.15, 0.2) is 28.0 Å². The number of thiazole rings is 1. The molecule has 1 aliphatic rings. The molecule has 158 valence electrons. The van der Waals surface area contributed by atoms with Gasteiger partial charge < -0.3 is 4.42 Å². The third-order valence-corrected chi connectivity index (χ3v) is 6.19. The van der Waals surface area contributed by atoms with Crippen molar-refractivity contribution in [3.8, 4) is 0 Å². The summed E-state index contributed by atoms with van der Waals surface area (Å²) >= 11 is 7.44. The molecule has 30 heavy (non-hydrogen) atoms. The van der Waals surface area contributed by atoms with Crippen LogP contribution in [-0.2, 0) is 16.0 Å². The number of likely N-dealkylation sites (tertiary alicyclic amines) is 1. The average Bonchev–Trinajstić information content (AvgIpc) is 3.32. The molecule has 1 fully saturated rings. The van der Waals surface area contributed by atoms with E-state index in [1.165, 1.54) is 11.3 Å². The second-order valence-corrected chi connectivity index (χ2v) is 8.75. The monoisotopic (exact) mass is 447 g/mol. The summed E-state index contributed by atoms with van der Waals surface area (Å²) in [6.07, 6.45) is 1.85. The van der Waals surface area contributed by atoms with E-state index in [0.29, 0.717) is 5.02 Å². The number of nitrogens with one attached hydrogen (secondary N) is 2. The van der Waals surface area contributed by atoms with Gasteiger partial charge in [-0.05, 0) is 51.1 Å².